The molecule has 122 valence electrons. The Bertz CT molecular complexity index is 505. The Balaban J connectivity index is 1.94. The maximum atomic E-state index is 11.1. The standard InChI is InChI=1S/C18H24Cl2O2/c1-2-12-10-16(19)15(17(20)11-12)9-7-13-4-3-5-14(8-6-13)18(21)22/h10-11,13-14H,2-9H2,1H3,(H,21,22). The molecular weight excluding hydrogens is 319 g/mol. The van der Waals surface area contributed by atoms with Gasteiger partial charge in [0.25, 0.3) is 0 Å². The lowest BCUT2D eigenvalue weighted by atomic mass is 9.92. The molecule has 1 aromatic rings. The third-order valence-corrected chi connectivity index (χ3v) is 5.52. The molecular formula is C18H24Cl2O2. The second-order valence-corrected chi connectivity index (χ2v) is 7.15. The number of hydrogen-bond donors (Lipinski definition) is 1. The first-order valence-corrected chi connectivity index (χ1v) is 8.96. The molecule has 0 radical (unpaired) electrons. The summed E-state index contributed by atoms with van der Waals surface area (Å²) in [6.07, 6.45) is 7.60. The van der Waals surface area contributed by atoms with Gasteiger partial charge in [0.15, 0.2) is 0 Å². The monoisotopic (exact) mass is 342 g/mol. The molecule has 0 bridgehead atoms. The van der Waals surface area contributed by atoms with Crippen LogP contribution in [-0.4, -0.2) is 11.1 Å². The van der Waals surface area contributed by atoms with Crippen LogP contribution in [0.25, 0.3) is 0 Å². The van der Waals surface area contributed by atoms with Gasteiger partial charge in [-0.3, -0.25) is 4.79 Å². The summed E-state index contributed by atoms with van der Waals surface area (Å²) in [7, 11) is 0. The predicted octanol–water partition coefficient (Wildman–Crippen LogP) is 5.77. The number of benzene rings is 1. The molecule has 0 aromatic heterocycles. The number of halogens is 2. The third-order valence-electron chi connectivity index (χ3n) is 4.85. The van der Waals surface area contributed by atoms with Gasteiger partial charge in [0.1, 0.15) is 0 Å². The number of carboxylic acids is 1. The number of aryl methyl sites for hydroxylation is 1. The highest BCUT2D eigenvalue weighted by Crippen LogP contribution is 2.33. The van der Waals surface area contributed by atoms with E-state index < -0.39 is 5.97 Å². The van der Waals surface area contributed by atoms with Crippen LogP contribution < -0.4 is 0 Å². The topological polar surface area (TPSA) is 37.3 Å². The average molecular weight is 343 g/mol. The summed E-state index contributed by atoms with van der Waals surface area (Å²) >= 11 is 12.7. The van der Waals surface area contributed by atoms with Crippen molar-refractivity contribution in [2.24, 2.45) is 11.8 Å². The van der Waals surface area contributed by atoms with E-state index in [1.807, 2.05) is 12.1 Å². The van der Waals surface area contributed by atoms with Crippen LogP contribution in [-0.2, 0) is 17.6 Å². The van der Waals surface area contributed by atoms with Crippen molar-refractivity contribution in [2.45, 2.75) is 58.3 Å². The number of carboxylic acid groups (broad SMARTS) is 1. The van der Waals surface area contributed by atoms with Crippen molar-refractivity contribution in [1.82, 2.24) is 0 Å². The molecule has 0 aliphatic heterocycles. The van der Waals surface area contributed by atoms with Crippen LogP contribution in [0.1, 0.15) is 56.6 Å². The van der Waals surface area contributed by atoms with E-state index in [1.54, 1.807) is 0 Å². The van der Waals surface area contributed by atoms with Crippen molar-refractivity contribution >= 4 is 29.2 Å². The molecule has 0 heterocycles. The average Bonchev–Trinajstić information content (AvgIpc) is 2.71. The van der Waals surface area contributed by atoms with Gasteiger partial charge >= 0.3 is 5.97 Å². The molecule has 1 aliphatic carbocycles. The van der Waals surface area contributed by atoms with E-state index in [0.717, 1.165) is 72.5 Å². The van der Waals surface area contributed by atoms with E-state index in [9.17, 15) is 4.79 Å². The minimum absolute atomic E-state index is 0.152. The van der Waals surface area contributed by atoms with Crippen molar-refractivity contribution in [3.05, 3.63) is 33.3 Å². The molecule has 22 heavy (non-hydrogen) atoms. The van der Waals surface area contributed by atoms with Crippen molar-refractivity contribution in [1.29, 1.82) is 0 Å². The van der Waals surface area contributed by atoms with E-state index in [1.165, 1.54) is 0 Å². The zero-order chi connectivity index (χ0) is 16.1. The smallest absolute Gasteiger partial charge is 0.306 e. The summed E-state index contributed by atoms with van der Waals surface area (Å²) in [4.78, 5) is 11.1. The normalized spacial score (nSPS) is 22.3. The third kappa shape index (κ3) is 4.63. The molecule has 0 spiro atoms. The molecule has 1 aromatic carbocycles. The molecule has 4 heteroatoms. The van der Waals surface area contributed by atoms with Gasteiger partial charge in [0.2, 0.25) is 0 Å². The number of hydrogen-bond acceptors (Lipinski definition) is 1. The lowest BCUT2D eigenvalue weighted by Gasteiger charge is -2.16. The highest BCUT2D eigenvalue weighted by atomic mass is 35.5. The zero-order valence-electron chi connectivity index (χ0n) is 13.1. The first-order valence-electron chi connectivity index (χ1n) is 8.20. The lowest BCUT2D eigenvalue weighted by Crippen LogP contribution is -2.12. The first-order chi connectivity index (χ1) is 10.5. The highest BCUT2D eigenvalue weighted by molar-refractivity contribution is 6.36. The van der Waals surface area contributed by atoms with E-state index in [-0.39, 0.29) is 5.92 Å². The van der Waals surface area contributed by atoms with E-state index in [4.69, 9.17) is 28.3 Å². The van der Waals surface area contributed by atoms with Crippen LogP contribution in [0.5, 0.6) is 0 Å². The summed E-state index contributed by atoms with van der Waals surface area (Å²) in [5.74, 6) is -0.203. The van der Waals surface area contributed by atoms with Crippen LogP contribution in [0, 0.1) is 11.8 Å². The van der Waals surface area contributed by atoms with Crippen LogP contribution >= 0.6 is 23.2 Å². The first kappa shape index (κ1) is 17.6. The van der Waals surface area contributed by atoms with Crippen molar-refractivity contribution < 1.29 is 9.90 Å². The molecule has 2 unspecified atom stereocenters. The van der Waals surface area contributed by atoms with Gasteiger partial charge in [-0.05, 0) is 67.7 Å². The molecule has 2 rings (SSSR count). The van der Waals surface area contributed by atoms with E-state index >= 15 is 0 Å². The van der Waals surface area contributed by atoms with E-state index in [2.05, 4.69) is 6.92 Å². The van der Waals surface area contributed by atoms with Crippen molar-refractivity contribution in [2.75, 3.05) is 0 Å². The van der Waals surface area contributed by atoms with Gasteiger partial charge in [-0.2, -0.15) is 0 Å². The van der Waals surface area contributed by atoms with Gasteiger partial charge < -0.3 is 5.11 Å². The number of aliphatic carboxylic acids is 1. The Labute approximate surface area is 142 Å². The molecule has 0 saturated heterocycles. The second-order valence-electron chi connectivity index (χ2n) is 6.34. The Morgan fingerprint density at radius 1 is 1.18 bits per heavy atom. The predicted molar refractivity (Wildman–Crippen MR) is 91.9 cm³/mol. The van der Waals surface area contributed by atoms with Gasteiger partial charge in [-0.1, -0.05) is 43.0 Å². The summed E-state index contributed by atoms with van der Waals surface area (Å²) in [5, 5.41) is 10.7. The Kier molecular flexibility index (Phi) is 6.58. The quantitative estimate of drug-likeness (QED) is 0.689. The van der Waals surface area contributed by atoms with Crippen LogP contribution in [0.2, 0.25) is 10.0 Å². The maximum absolute atomic E-state index is 11.1. The highest BCUT2D eigenvalue weighted by Gasteiger charge is 2.23. The van der Waals surface area contributed by atoms with Gasteiger partial charge in [-0.15, -0.1) is 0 Å². The largest absolute Gasteiger partial charge is 0.481 e. The maximum Gasteiger partial charge on any atom is 0.306 e. The summed E-state index contributed by atoms with van der Waals surface area (Å²) in [5.41, 5.74) is 2.21. The number of carbonyl (C=O) groups is 1. The van der Waals surface area contributed by atoms with Gasteiger partial charge in [-0.25, -0.2) is 0 Å². The molecule has 1 fully saturated rings. The van der Waals surface area contributed by atoms with Gasteiger partial charge in [0, 0.05) is 10.0 Å². The Hall–Kier alpha value is -0.730. The minimum Gasteiger partial charge on any atom is -0.481 e. The molecule has 0 amide bonds. The Morgan fingerprint density at radius 2 is 1.86 bits per heavy atom. The van der Waals surface area contributed by atoms with Gasteiger partial charge in [0.05, 0.1) is 5.92 Å². The molecule has 2 atom stereocenters. The fraction of sp³-hybridized carbons (Fsp3) is 0.611. The van der Waals surface area contributed by atoms with Crippen LogP contribution in [0.15, 0.2) is 12.1 Å². The summed E-state index contributed by atoms with van der Waals surface area (Å²) in [6.45, 7) is 2.09. The SMILES string of the molecule is CCc1cc(Cl)c(CCC2CCCC(C(=O)O)CC2)c(Cl)c1. The Morgan fingerprint density at radius 3 is 2.45 bits per heavy atom. The van der Waals surface area contributed by atoms with Crippen LogP contribution in [0.4, 0.5) is 0 Å². The number of rotatable bonds is 5. The van der Waals surface area contributed by atoms with E-state index in [0.29, 0.717) is 5.92 Å². The zero-order valence-corrected chi connectivity index (χ0v) is 14.6. The molecule has 1 aliphatic rings. The summed E-state index contributed by atoms with van der Waals surface area (Å²) in [6, 6.07) is 4.02. The summed E-state index contributed by atoms with van der Waals surface area (Å²) < 4.78 is 0. The van der Waals surface area contributed by atoms with Crippen molar-refractivity contribution in [3.63, 3.8) is 0 Å². The fourth-order valence-corrected chi connectivity index (χ4v) is 4.08. The lowest BCUT2D eigenvalue weighted by molar-refractivity contribution is -0.142. The molecule has 2 nitrogen and oxygen atoms in total. The molecule has 1 saturated carbocycles. The molecule has 1 N–H and O–H groups in total. The fourth-order valence-electron chi connectivity index (χ4n) is 3.36. The van der Waals surface area contributed by atoms with Crippen molar-refractivity contribution in [3.8, 4) is 0 Å². The second kappa shape index (κ2) is 8.21. The minimum atomic E-state index is -0.637. The van der Waals surface area contributed by atoms with Crippen LogP contribution in [0.3, 0.4) is 0 Å².